The van der Waals surface area contributed by atoms with E-state index in [2.05, 4.69) is 21.2 Å². The number of rotatable bonds is 3. The van der Waals surface area contributed by atoms with Crippen LogP contribution in [0.2, 0.25) is 0 Å². The SMILES string of the molecule is CCC(=O)Nc1ccc(Br)cc1[N+](=O)[O-]. The van der Waals surface area contributed by atoms with Crippen LogP contribution in [0.4, 0.5) is 11.4 Å². The minimum Gasteiger partial charge on any atom is -0.320 e. The Morgan fingerprint density at radius 2 is 2.27 bits per heavy atom. The molecular formula is C9H9BrN2O3. The van der Waals surface area contributed by atoms with Gasteiger partial charge in [-0.15, -0.1) is 0 Å². The third-order valence-corrected chi connectivity index (χ3v) is 2.24. The number of halogens is 1. The summed E-state index contributed by atoms with van der Waals surface area (Å²) in [6.07, 6.45) is 0.285. The van der Waals surface area contributed by atoms with E-state index in [1.807, 2.05) is 0 Å². The van der Waals surface area contributed by atoms with Crippen LogP contribution in [0.15, 0.2) is 22.7 Å². The smallest absolute Gasteiger partial charge is 0.293 e. The summed E-state index contributed by atoms with van der Waals surface area (Å²) in [6, 6.07) is 4.49. The maximum absolute atomic E-state index is 11.1. The van der Waals surface area contributed by atoms with Crippen LogP contribution >= 0.6 is 15.9 Å². The lowest BCUT2D eigenvalue weighted by atomic mass is 10.2. The molecule has 0 heterocycles. The Labute approximate surface area is 94.8 Å². The number of nitrogens with zero attached hydrogens (tertiary/aromatic N) is 1. The van der Waals surface area contributed by atoms with E-state index in [1.165, 1.54) is 12.1 Å². The first-order valence-corrected chi connectivity index (χ1v) is 5.07. The third-order valence-electron chi connectivity index (χ3n) is 1.75. The number of nitrogens with one attached hydrogen (secondary N) is 1. The van der Waals surface area contributed by atoms with Crippen molar-refractivity contribution in [1.29, 1.82) is 0 Å². The highest BCUT2D eigenvalue weighted by Crippen LogP contribution is 2.27. The third kappa shape index (κ3) is 3.02. The minimum atomic E-state index is -0.532. The summed E-state index contributed by atoms with van der Waals surface area (Å²) in [4.78, 5) is 21.2. The number of anilines is 1. The predicted octanol–water partition coefficient (Wildman–Crippen LogP) is 2.71. The zero-order chi connectivity index (χ0) is 11.4. The largest absolute Gasteiger partial charge is 0.320 e. The molecule has 6 heteroatoms. The Kier molecular flexibility index (Phi) is 3.79. The Morgan fingerprint density at radius 3 is 2.80 bits per heavy atom. The second-order valence-electron chi connectivity index (χ2n) is 2.82. The van der Waals surface area contributed by atoms with Gasteiger partial charge in [0.15, 0.2) is 0 Å². The van der Waals surface area contributed by atoms with Crippen LogP contribution < -0.4 is 5.32 Å². The van der Waals surface area contributed by atoms with Crippen LogP contribution in [-0.2, 0) is 4.79 Å². The molecule has 1 rings (SSSR count). The van der Waals surface area contributed by atoms with Crippen molar-refractivity contribution in [2.24, 2.45) is 0 Å². The molecule has 0 bridgehead atoms. The van der Waals surface area contributed by atoms with E-state index >= 15 is 0 Å². The lowest BCUT2D eigenvalue weighted by molar-refractivity contribution is -0.384. The normalized spacial score (nSPS) is 9.73. The van der Waals surface area contributed by atoms with Gasteiger partial charge in [0, 0.05) is 17.0 Å². The quantitative estimate of drug-likeness (QED) is 0.679. The van der Waals surface area contributed by atoms with Crippen molar-refractivity contribution in [3.63, 3.8) is 0 Å². The van der Waals surface area contributed by atoms with E-state index in [0.717, 1.165) is 0 Å². The molecule has 80 valence electrons. The first-order chi connectivity index (χ1) is 7.04. The second-order valence-corrected chi connectivity index (χ2v) is 3.74. The Morgan fingerprint density at radius 1 is 1.60 bits per heavy atom. The minimum absolute atomic E-state index is 0.119. The number of benzene rings is 1. The van der Waals surface area contributed by atoms with Crippen LogP contribution in [0.3, 0.4) is 0 Å². The van der Waals surface area contributed by atoms with Crippen molar-refractivity contribution >= 4 is 33.2 Å². The summed E-state index contributed by atoms with van der Waals surface area (Å²) in [5.74, 6) is -0.250. The zero-order valence-electron chi connectivity index (χ0n) is 7.99. The number of hydrogen-bond acceptors (Lipinski definition) is 3. The molecule has 0 aliphatic carbocycles. The van der Waals surface area contributed by atoms with E-state index in [1.54, 1.807) is 13.0 Å². The summed E-state index contributed by atoms with van der Waals surface area (Å²) in [5.41, 5.74) is 0.0984. The molecule has 1 aromatic carbocycles. The average molecular weight is 273 g/mol. The summed E-state index contributed by atoms with van der Waals surface area (Å²) in [7, 11) is 0. The topological polar surface area (TPSA) is 72.2 Å². The number of amides is 1. The average Bonchev–Trinajstić information content (AvgIpc) is 2.20. The number of carbonyl (C=O) groups is 1. The lowest BCUT2D eigenvalue weighted by Gasteiger charge is -2.04. The van der Waals surface area contributed by atoms with Gasteiger partial charge in [-0.2, -0.15) is 0 Å². The summed E-state index contributed by atoms with van der Waals surface area (Å²) in [6.45, 7) is 1.68. The maximum atomic E-state index is 11.1. The Balaban J connectivity index is 3.06. The number of carbonyl (C=O) groups excluding carboxylic acids is 1. The van der Waals surface area contributed by atoms with Gasteiger partial charge in [-0.25, -0.2) is 0 Å². The van der Waals surface area contributed by atoms with Gasteiger partial charge >= 0.3 is 0 Å². The first-order valence-electron chi connectivity index (χ1n) is 4.28. The molecule has 5 nitrogen and oxygen atoms in total. The van der Waals surface area contributed by atoms with Gasteiger partial charge in [-0.1, -0.05) is 22.9 Å². The van der Waals surface area contributed by atoms with E-state index in [0.29, 0.717) is 4.47 Å². The fourth-order valence-corrected chi connectivity index (χ4v) is 1.35. The lowest BCUT2D eigenvalue weighted by Crippen LogP contribution is -2.10. The molecule has 15 heavy (non-hydrogen) atoms. The van der Waals surface area contributed by atoms with Crippen LogP contribution in [0.25, 0.3) is 0 Å². The van der Waals surface area contributed by atoms with Crippen LogP contribution in [0, 0.1) is 10.1 Å². The maximum Gasteiger partial charge on any atom is 0.293 e. The monoisotopic (exact) mass is 272 g/mol. The van der Waals surface area contributed by atoms with E-state index in [4.69, 9.17) is 0 Å². The summed E-state index contributed by atoms with van der Waals surface area (Å²) in [5, 5.41) is 13.1. The van der Waals surface area contributed by atoms with Crippen molar-refractivity contribution in [2.45, 2.75) is 13.3 Å². The highest BCUT2D eigenvalue weighted by Gasteiger charge is 2.15. The molecule has 0 atom stereocenters. The van der Waals surface area contributed by atoms with Gasteiger partial charge in [0.25, 0.3) is 5.69 Å². The molecule has 0 aliphatic heterocycles. The van der Waals surface area contributed by atoms with Crippen molar-refractivity contribution in [3.05, 3.63) is 32.8 Å². The van der Waals surface area contributed by atoms with Crippen molar-refractivity contribution < 1.29 is 9.72 Å². The summed E-state index contributed by atoms with van der Waals surface area (Å²) < 4.78 is 0.601. The Bertz CT molecular complexity index is 406. The number of hydrogen-bond donors (Lipinski definition) is 1. The standard InChI is InChI=1S/C9H9BrN2O3/c1-2-9(13)11-7-4-3-6(10)5-8(7)12(14)15/h3-5H,2H2,1H3,(H,11,13). The van der Waals surface area contributed by atoms with E-state index < -0.39 is 4.92 Å². The van der Waals surface area contributed by atoms with Crippen LogP contribution in [0.1, 0.15) is 13.3 Å². The van der Waals surface area contributed by atoms with E-state index in [-0.39, 0.29) is 23.7 Å². The van der Waals surface area contributed by atoms with Crippen LogP contribution in [-0.4, -0.2) is 10.8 Å². The fraction of sp³-hybridized carbons (Fsp3) is 0.222. The molecule has 0 saturated heterocycles. The Hall–Kier alpha value is -1.43. The van der Waals surface area contributed by atoms with Gasteiger partial charge in [0.1, 0.15) is 5.69 Å². The molecule has 0 fully saturated rings. The molecule has 1 aromatic rings. The van der Waals surface area contributed by atoms with Gasteiger partial charge in [-0.3, -0.25) is 14.9 Å². The van der Waals surface area contributed by atoms with E-state index in [9.17, 15) is 14.9 Å². The summed E-state index contributed by atoms with van der Waals surface area (Å²) >= 11 is 3.13. The van der Waals surface area contributed by atoms with Gasteiger partial charge < -0.3 is 5.32 Å². The number of nitro groups is 1. The van der Waals surface area contributed by atoms with Crippen molar-refractivity contribution in [2.75, 3.05) is 5.32 Å². The van der Waals surface area contributed by atoms with Crippen molar-refractivity contribution in [3.8, 4) is 0 Å². The van der Waals surface area contributed by atoms with Crippen LogP contribution in [0.5, 0.6) is 0 Å². The molecule has 0 aliphatic rings. The molecule has 0 aromatic heterocycles. The fourth-order valence-electron chi connectivity index (χ4n) is 1.00. The molecular weight excluding hydrogens is 264 g/mol. The van der Waals surface area contributed by atoms with Gasteiger partial charge in [0.05, 0.1) is 4.92 Å². The predicted molar refractivity (Wildman–Crippen MR) is 59.7 cm³/mol. The molecule has 0 spiro atoms. The molecule has 0 saturated carbocycles. The molecule has 1 amide bonds. The molecule has 0 unspecified atom stereocenters. The molecule has 1 N–H and O–H groups in total. The van der Waals surface area contributed by atoms with Crippen molar-refractivity contribution in [1.82, 2.24) is 0 Å². The number of nitro benzene ring substituents is 1. The first kappa shape index (κ1) is 11.6. The second kappa shape index (κ2) is 4.88. The highest BCUT2D eigenvalue weighted by atomic mass is 79.9. The zero-order valence-corrected chi connectivity index (χ0v) is 9.58. The molecule has 0 radical (unpaired) electrons. The van der Waals surface area contributed by atoms with Gasteiger partial charge in [0.2, 0.25) is 5.91 Å². The van der Waals surface area contributed by atoms with Gasteiger partial charge in [-0.05, 0) is 12.1 Å². The highest BCUT2D eigenvalue weighted by molar-refractivity contribution is 9.10.